The Labute approximate surface area is 98.3 Å². The first-order valence-electron chi connectivity index (χ1n) is 5.34. The molecule has 0 saturated heterocycles. The number of H-pyrrole nitrogens is 1. The third kappa shape index (κ3) is 1.59. The zero-order valence-electron chi connectivity index (χ0n) is 9.14. The summed E-state index contributed by atoms with van der Waals surface area (Å²) >= 11 is 0. The van der Waals surface area contributed by atoms with E-state index in [9.17, 15) is 0 Å². The standard InChI is InChI=1S/C13H12N4/c14-9-6-5-8(7-10(9)15)13-16-11-3-1-2-4-12(11)17-13/h1-7H,14-15H2,(H,16,17). The van der Waals surface area contributed by atoms with Crippen LogP contribution in [0.3, 0.4) is 0 Å². The van der Waals surface area contributed by atoms with Crippen LogP contribution in [0.4, 0.5) is 11.4 Å². The molecule has 0 fully saturated rings. The van der Waals surface area contributed by atoms with Gasteiger partial charge in [-0.3, -0.25) is 0 Å². The summed E-state index contributed by atoms with van der Waals surface area (Å²) in [6.07, 6.45) is 0. The number of imidazole rings is 1. The smallest absolute Gasteiger partial charge is 0.138 e. The van der Waals surface area contributed by atoms with Gasteiger partial charge in [-0.25, -0.2) is 4.98 Å². The summed E-state index contributed by atoms with van der Waals surface area (Å²) in [7, 11) is 0. The van der Waals surface area contributed by atoms with Crippen LogP contribution in [0.2, 0.25) is 0 Å². The lowest BCUT2D eigenvalue weighted by molar-refractivity contribution is 1.34. The van der Waals surface area contributed by atoms with Gasteiger partial charge in [0.2, 0.25) is 0 Å². The van der Waals surface area contributed by atoms with Crippen molar-refractivity contribution in [2.45, 2.75) is 0 Å². The number of benzene rings is 2. The van der Waals surface area contributed by atoms with E-state index >= 15 is 0 Å². The molecule has 84 valence electrons. The zero-order chi connectivity index (χ0) is 11.8. The van der Waals surface area contributed by atoms with Gasteiger partial charge in [0.25, 0.3) is 0 Å². The topological polar surface area (TPSA) is 80.7 Å². The second-order valence-electron chi connectivity index (χ2n) is 3.95. The summed E-state index contributed by atoms with van der Waals surface area (Å²) < 4.78 is 0. The molecule has 0 bridgehead atoms. The van der Waals surface area contributed by atoms with Crippen LogP contribution in [0.5, 0.6) is 0 Å². The summed E-state index contributed by atoms with van der Waals surface area (Å²) in [6.45, 7) is 0. The van der Waals surface area contributed by atoms with Crippen LogP contribution in [0.15, 0.2) is 42.5 Å². The summed E-state index contributed by atoms with van der Waals surface area (Å²) in [5, 5.41) is 0. The Morgan fingerprint density at radius 1 is 0.941 bits per heavy atom. The van der Waals surface area contributed by atoms with E-state index in [1.54, 1.807) is 6.07 Å². The second-order valence-corrected chi connectivity index (χ2v) is 3.95. The molecule has 0 aliphatic carbocycles. The van der Waals surface area contributed by atoms with Crippen molar-refractivity contribution in [3.63, 3.8) is 0 Å². The minimum Gasteiger partial charge on any atom is -0.397 e. The van der Waals surface area contributed by atoms with Gasteiger partial charge in [0.15, 0.2) is 0 Å². The molecule has 0 aliphatic rings. The molecule has 0 aliphatic heterocycles. The highest BCUT2D eigenvalue weighted by atomic mass is 14.9. The molecule has 0 radical (unpaired) electrons. The highest BCUT2D eigenvalue weighted by Crippen LogP contribution is 2.24. The Hall–Kier alpha value is -2.49. The normalized spacial score (nSPS) is 10.8. The fraction of sp³-hybridized carbons (Fsp3) is 0. The van der Waals surface area contributed by atoms with Gasteiger partial charge in [-0.1, -0.05) is 12.1 Å². The minimum absolute atomic E-state index is 0.572. The maximum Gasteiger partial charge on any atom is 0.138 e. The predicted octanol–water partition coefficient (Wildman–Crippen LogP) is 2.39. The highest BCUT2D eigenvalue weighted by molar-refractivity contribution is 5.80. The van der Waals surface area contributed by atoms with E-state index in [-0.39, 0.29) is 0 Å². The molecule has 1 heterocycles. The summed E-state index contributed by atoms with van der Waals surface area (Å²) in [6, 6.07) is 13.4. The van der Waals surface area contributed by atoms with Crippen molar-refractivity contribution in [2.24, 2.45) is 0 Å². The largest absolute Gasteiger partial charge is 0.397 e. The summed E-state index contributed by atoms with van der Waals surface area (Å²) in [5.41, 5.74) is 15.5. The first-order valence-corrected chi connectivity index (χ1v) is 5.34. The average Bonchev–Trinajstić information content (AvgIpc) is 2.76. The second kappa shape index (κ2) is 3.52. The van der Waals surface area contributed by atoms with Crippen LogP contribution in [-0.4, -0.2) is 9.97 Å². The first-order chi connectivity index (χ1) is 8.24. The van der Waals surface area contributed by atoms with Crippen molar-refractivity contribution in [2.75, 3.05) is 11.5 Å². The summed E-state index contributed by atoms with van der Waals surface area (Å²) in [5.74, 6) is 0.804. The Morgan fingerprint density at radius 3 is 2.53 bits per heavy atom. The van der Waals surface area contributed by atoms with Gasteiger partial charge < -0.3 is 16.5 Å². The molecular formula is C13H12N4. The Kier molecular flexibility index (Phi) is 2.01. The van der Waals surface area contributed by atoms with Crippen LogP contribution in [0.1, 0.15) is 0 Å². The fourth-order valence-corrected chi connectivity index (χ4v) is 1.81. The maximum absolute atomic E-state index is 5.79. The van der Waals surface area contributed by atoms with Gasteiger partial charge in [-0.2, -0.15) is 0 Å². The number of fused-ring (bicyclic) bond motifs is 1. The van der Waals surface area contributed by atoms with Crippen LogP contribution < -0.4 is 11.5 Å². The van der Waals surface area contributed by atoms with Crippen LogP contribution in [0.25, 0.3) is 22.4 Å². The molecule has 3 aromatic rings. The minimum atomic E-state index is 0.572. The zero-order valence-corrected chi connectivity index (χ0v) is 9.14. The number of rotatable bonds is 1. The molecule has 2 aromatic carbocycles. The summed E-state index contributed by atoms with van der Waals surface area (Å²) in [4.78, 5) is 7.75. The number of nitrogens with one attached hydrogen (secondary N) is 1. The van der Waals surface area contributed by atoms with Gasteiger partial charge in [0.05, 0.1) is 22.4 Å². The van der Waals surface area contributed by atoms with Crippen LogP contribution >= 0.6 is 0 Å². The van der Waals surface area contributed by atoms with Crippen molar-refractivity contribution >= 4 is 22.4 Å². The van der Waals surface area contributed by atoms with Crippen molar-refractivity contribution in [1.82, 2.24) is 9.97 Å². The first kappa shape index (κ1) is 9.72. The van der Waals surface area contributed by atoms with E-state index < -0.39 is 0 Å². The predicted molar refractivity (Wildman–Crippen MR) is 70.4 cm³/mol. The molecule has 0 atom stereocenters. The maximum atomic E-state index is 5.79. The number of hydrogen-bond acceptors (Lipinski definition) is 3. The molecular weight excluding hydrogens is 212 g/mol. The molecule has 4 heteroatoms. The van der Waals surface area contributed by atoms with Crippen LogP contribution in [-0.2, 0) is 0 Å². The molecule has 0 spiro atoms. The molecule has 1 aromatic heterocycles. The lowest BCUT2D eigenvalue weighted by atomic mass is 10.1. The van der Waals surface area contributed by atoms with Crippen molar-refractivity contribution in [3.05, 3.63) is 42.5 Å². The van der Waals surface area contributed by atoms with Gasteiger partial charge in [0, 0.05) is 5.56 Å². The Balaban J connectivity index is 2.17. The quantitative estimate of drug-likeness (QED) is 0.555. The van der Waals surface area contributed by atoms with Gasteiger partial charge >= 0.3 is 0 Å². The molecule has 5 N–H and O–H groups in total. The van der Waals surface area contributed by atoms with Crippen LogP contribution in [0, 0.1) is 0 Å². The van der Waals surface area contributed by atoms with Gasteiger partial charge in [-0.05, 0) is 30.3 Å². The van der Waals surface area contributed by atoms with E-state index in [2.05, 4.69) is 9.97 Å². The number of hydrogen-bond donors (Lipinski definition) is 3. The van der Waals surface area contributed by atoms with Gasteiger partial charge in [0.1, 0.15) is 5.82 Å². The van der Waals surface area contributed by atoms with Crippen molar-refractivity contribution in [1.29, 1.82) is 0 Å². The number of anilines is 2. The number of nitrogens with two attached hydrogens (primary N) is 2. The average molecular weight is 224 g/mol. The number of aromatic amines is 1. The number of para-hydroxylation sites is 2. The highest BCUT2D eigenvalue weighted by Gasteiger charge is 2.05. The van der Waals surface area contributed by atoms with E-state index in [0.29, 0.717) is 11.4 Å². The lowest BCUT2D eigenvalue weighted by Crippen LogP contribution is -1.94. The SMILES string of the molecule is Nc1ccc(-c2nc3ccccc3[nH]2)cc1N. The molecule has 0 amide bonds. The Bertz CT molecular complexity index is 652. The number of nitrogen functional groups attached to an aromatic ring is 2. The van der Waals surface area contributed by atoms with E-state index in [4.69, 9.17) is 11.5 Å². The van der Waals surface area contributed by atoms with Gasteiger partial charge in [-0.15, -0.1) is 0 Å². The number of nitrogens with zero attached hydrogens (tertiary/aromatic N) is 1. The van der Waals surface area contributed by atoms with E-state index in [1.807, 2.05) is 36.4 Å². The molecule has 0 unspecified atom stereocenters. The number of aromatic nitrogens is 2. The lowest BCUT2D eigenvalue weighted by Gasteiger charge is -2.01. The molecule has 17 heavy (non-hydrogen) atoms. The molecule has 3 rings (SSSR count). The Morgan fingerprint density at radius 2 is 1.76 bits per heavy atom. The van der Waals surface area contributed by atoms with Crippen molar-refractivity contribution in [3.8, 4) is 11.4 Å². The van der Waals surface area contributed by atoms with Crippen molar-refractivity contribution < 1.29 is 0 Å². The third-order valence-corrected chi connectivity index (χ3v) is 2.75. The van der Waals surface area contributed by atoms with E-state index in [1.165, 1.54) is 0 Å². The molecule has 4 nitrogen and oxygen atoms in total. The third-order valence-electron chi connectivity index (χ3n) is 2.75. The molecule has 0 saturated carbocycles. The van der Waals surface area contributed by atoms with E-state index in [0.717, 1.165) is 22.4 Å². The monoisotopic (exact) mass is 224 g/mol. The fourth-order valence-electron chi connectivity index (χ4n) is 1.81.